The van der Waals surface area contributed by atoms with Crippen LogP contribution in [-0.2, 0) is 0 Å². The Bertz CT molecular complexity index is 1270. The van der Waals surface area contributed by atoms with E-state index in [0.717, 1.165) is 4.47 Å². The lowest BCUT2D eigenvalue weighted by molar-refractivity contribution is 0.0983. The van der Waals surface area contributed by atoms with E-state index in [1.807, 2.05) is 24.3 Å². The third-order valence-electron chi connectivity index (χ3n) is 5.22. The second-order valence-corrected chi connectivity index (χ2v) is 7.66. The van der Waals surface area contributed by atoms with Crippen LogP contribution in [0.2, 0.25) is 0 Å². The van der Waals surface area contributed by atoms with Crippen molar-refractivity contribution in [2.75, 3.05) is 19.1 Å². The molecular weight excluding hydrogens is 440 g/mol. The lowest BCUT2D eigenvalue weighted by Crippen LogP contribution is -2.39. The van der Waals surface area contributed by atoms with E-state index in [-0.39, 0.29) is 11.6 Å². The van der Waals surface area contributed by atoms with Gasteiger partial charge in [0.05, 0.1) is 25.5 Å². The molecule has 1 amide bonds. The molecule has 29 heavy (non-hydrogen) atoms. The second-order valence-electron chi connectivity index (χ2n) is 6.75. The van der Waals surface area contributed by atoms with E-state index in [4.69, 9.17) is 9.47 Å². The number of anilines is 1. The van der Waals surface area contributed by atoms with Gasteiger partial charge in [-0.1, -0.05) is 22.0 Å². The van der Waals surface area contributed by atoms with Crippen LogP contribution in [0.1, 0.15) is 27.8 Å². The Balaban J connectivity index is 1.88. The average molecular weight is 455 g/mol. The van der Waals surface area contributed by atoms with Crippen molar-refractivity contribution in [1.82, 2.24) is 14.8 Å². The van der Waals surface area contributed by atoms with Crippen LogP contribution >= 0.6 is 15.9 Å². The quantitative estimate of drug-likeness (QED) is 0.591. The molecule has 0 fully saturated rings. The van der Waals surface area contributed by atoms with Crippen molar-refractivity contribution in [3.05, 3.63) is 62.0 Å². The van der Waals surface area contributed by atoms with Gasteiger partial charge >= 0.3 is 0 Å². The number of methoxy groups -OCH3 is 2. The predicted octanol–water partition coefficient (Wildman–Crippen LogP) is 2.91. The number of benzene rings is 2. The van der Waals surface area contributed by atoms with Crippen molar-refractivity contribution >= 4 is 27.5 Å². The van der Waals surface area contributed by atoms with E-state index < -0.39 is 11.7 Å². The van der Waals surface area contributed by atoms with Crippen LogP contribution in [0, 0.1) is 6.92 Å². The molecule has 0 spiro atoms. The van der Waals surface area contributed by atoms with Crippen LogP contribution in [0.5, 0.6) is 11.5 Å². The van der Waals surface area contributed by atoms with Crippen molar-refractivity contribution in [3.63, 3.8) is 0 Å². The molecule has 5 rings (SSSR count). The van der Waals surface area contributed by atoms with Gasteiger partial charge in [0.2, 0.25) is 0 Å². The van der Waals surface area contributed by atoms with Crippen LogP contribution < -0.4 is 19.9 Å². The van der Waals surface area contributed by atoms with Gasteiger partial charge in [-0.05, 0) is 31.2 Å². The van der Waals surface area contributed by atoms with Crippen LogP contribution in [0.4, 0.5) is 5.69 Å². The van der Waals surface area contributed by atoms with Crippen molar-refractivity contribution in [2.24, 2.45) is 0 Å². The molecule has 9 heteroatoms. The van der Waals surface area contributed by atoms with Crippen molar-refractivity contribution in [2.45, 2.75) is 13.1 Å². The zero-order chi connectivity index (χ0) is 20.4. The number of nitrogens with zero attached hydrogens (tertiary/aromatic N) is 4. The summed E-state index contributed by atoms with van der Waals surface area (Å²) in [6.45, 7) is 1.61. The summed E-state index contributed by atoms with van der Waals surface area (Å²) in [7, 11) is 3.03. The predicted molar refractivity (Wildman–Crippen MR) is 109 cm³/mol. The highest BCUT2D eigenvalue weighted by Gasteiger charge is 2.47. The summed E-state index contributed by atoms with van der Waals surface area (Å²) in [6.07, 6.45) is -0.576. The standard InChI is InChI=1S/C20H15BrN4O4/c1-9-18(26)22-17-12-8-10(21)4-6-13(12)24-19(25(17)23-9)11-5-7-14(28-2)16(29-3)15(11)20(24)27/h4-8,19H,1-3H3/t19-/m1/s1. The smallest absolute Gasteiger partial charge is 0.294 e. The molecule has 2 aliphatic heterocycles. The number of aryl methyl sites for hydroxylation is 1. The number of hydrogen-bond donors (Lipinski definition) is 0. The topological polar surface area (TPSA) is 86.6 Å². The van der Waals surface area contributed by atoms with Crippen molar-refractivity contribution in [1.29, 1.82) is 0 Å². The average Bonchev–Trinajstić information content (AvgIpc) is 3.01. The van der Waals surface area contributed by atoms with Gasteiger partial charge in [0.25, 0.3) is 11.5 Å². The maximum absolute atomic E-state index is 13.5. The van der Waals surface area contributed by atoms with Gasteiger partial charge in [-0.25, -0.2) is 4.68 Å². The number of carbonyl (C=O) groups excluding carboxylic acids is 1. The van der Waals surface area contributed by atoms with E-state index in [9.17, 15) is 9.59 Å². The van der Waals surface area contributed by atoms with E-state index in [1.54, 1.807) is 22.6 Å². The van der Waals surface area contributed by atoms with E-state index in [1.165, 1.54) is 14.2 Å². The molecular formula is C20H15BrN4O4. The molecule has 8 nitrogen and oxygen atoms in total. The third kappa shape index (κ3) is 2.30. The summed E-state index contributed by atoms with van der Waals surface area (Å²) in [4.78, 5) is 31.7. The highest BCUT2D eigenvalue weighted by molar-refractivity contribution is 9.10. The van der Waals surface area contributed by atoms with E-state index in [0.29, 0.717) is 39.7 Å². The Hall–Kier alpha value is -3.20. The number of ether oxygens (including phenoxy) is 2. The SMILES string of the molecule is COc1ccc2c(c1OC)C(=O)N1c3ccc(Br)cc3-c3nc(=O)c(C)nn3[C@H]21. The van der Waals surface area contributed by atoms with Crippen LogP contribution in [-0.4, -0.2) is 34.9 Å². The molecule has 1 aromatic heterocycles. The normalized spacial score (nSPS) is 16.1. The Morgan fingerprint density at radius 2 is 1.90 bits per heavy atom. The van der Waals surface area contributed by atoms with E-state index in [2.05, 4.69) is 26.0 Å². The monoisotopic (exact) mass is 454 g/mol. The fourth-order valence-electron chi connectivity index (χ4n) is 3.96. The van der Waals surface area contributed by atoms with Gasteiger partial charge in [-0.3, -0.25) is 14.5 Å². The van der Waals surface area contributed by atoms with Crippen molar-refractivity contribution < 1.29 is 14.3 Å². The molecule has 0 bridgehead atoms. The largest absolute Gasteiger partial charge is 0.493 e. The summed E-state index contributed by atoms with van der Waals surface area (Å²) in [5.41, 5.74) is 2.28. The molecule has 2 aliphatic rings. The molecule has 0 N–H and O–H groups in total. The molecule has 0 aliphatic carbocycles. The van der Waals surface area contributed by atoms with Crippen molar-refractivity contribution in [3.8, 4) is 22.9 Å². The number of rotatable bonds is 2. The highest BCUT2D eigenvalue weighted by atomic mass is 79.9. The Morgan fingerprint density at radius 1 is 1.10 bits per heavy atom. The Kier molecular flexibility index (Phi) is 3.79. The molecule has 0 saturated carbocycles. The first-order valence-corrected chi connectivity index (χ1v) is 9.61. The summed E-state index contributed by atoms with van der Waals surface area (Å²) < 4.78 is 13.3. The summed E-state index contributed by atoms with van der Waals surface area (Å²) >= 11 is 3.46. The zero-order valence-corrected chi connectivity index (χ0v) is 17.3. The molecule has 0 radical (unpaired) electrons. The molecule has 3 aromatic rings. The van der Waals surface area contributed by atoms with Gasteiger partial charge in [0.15, 0.2) is 23.5 Å². The first kappa shape index (κ1) is 17.9. The summed E-state index contributed by atoms with van der Waals surface area (Å²) in [6, 6.07) is 9.08. The van der Waals surface area contributed by atoms with Crippen LogP contribution in [0.3, 0.4) is 0 Å². The molecule has 1 atom stereocenters. The molecule has 0 saturated heterocycles. The van der Waals surface area contributed by atoms with Gasteiger partial charge in [0.1, 0.15) is 5.69 Å². The minimum atomic E-state index is -0.576. The lowest BCUT2D eigenvalue weighted by Gasteiger charge is -2.34. The second kappa shape index (κ2) is 6.15. The number of amides is 1. The molecule has 2 aromatic carbocycles. The lowest BCUT2D eigenvalue weighted by atomic mass is 10.0. The number of fused-ring (bicyclic) bond motifs is 8. The maximum atomic E-state index is 13.5. The first-order chi connectivity index (χ1) is 14.0. The number of halogens is 1. The van der Waals surface area contributed by atoms with Crippen LogP contribution in [0.25, 0.3) is 11.4 Å². The van der Waals surface area contributed by atoms with Crippen LogP contribution in [0.15, 0.2) is 39.6 Å². The maximum Gasteiger partial charge on any atom is 0.294 e. The van der Waals surface area contributed by atoms with Gasteiger partial charge in [-0.2, -0.15) is 10.1 Å². The number of aromatic nitrogens is 3. The molecule has 146 valence electrons. The Morgan fingerprint density at radius 3 is 2.62 bits per heavy atom. The first-order valence-electron chi connectivity index (χ1n) is 8.82. The van der Waals surface area contributed by atoms with Gasteiger partial charge < -0.3 is 9.47 Å². The minimum absolute atomic E-state index is 0.229. The fourth-order valence-corrected chi connectivity index (χ4v) is 4.32. The summed E-state index contributed by atoms with van der Waals surface area (Å²) in [5.74, 6) is 1.02. The van der Waals surface area contributed by atoms with Gasteiger partial charge in [0, 0.05) is 15.6 Å². The summed E-state index contributed by atoms with van der Waals surface area (Å²) in [5, 5.41) is 4.48. The van der Waals surface area contributed by atoms with Gasteiger partial charge in [-0.15, -0.1) is 0 Å². The Labute approximate surface area is 173 Å². The zero-order valence-electron chi connectivity index (χ0n) is 15.8. The van der Waals surface area contributed by atoms with E-state index >= 15 is 0 Å². The third-order valence-corrected chi connectivity index (χ3v) is 5.71. The number of hydrogen-bond acceptors (Lipinski definition) is 6. The molecule has 3 heterocycles. The highest BCUT2D eigenvalue weighted by Crippen LogP contribution is 2.50. The fraction of sp³-hybridized carbons (Fsp3) is 0.200. The number of carbonyl (C=O) groups is 1. The molecule has 0 unspecified atom stereocenters. The minimum Gasteiger partial charge on any atom is -0.493 e.